The molecule has 0 unspecified atom stereocenters. The van der Waals surface area contributed by atoms with Crippen LogP contribution in [-0.4, -0.2) is 54.8 Å². The fourth-order valence-electron chi connectivity index (χ4n) is 5.14. The van der Waals surface area contributed by atoms with Crippen molar-refractivity contribution < 1.29 is 17.9 Å². The molecule has 1 fully saturated rings. The minimum Gasteiger partial charge on any atom is -0.495 e. The first kappa shape index (κ1) is 28.6. The molecule has 1 aliphatic heterocycles. The number of thioether (sulfide) groups is 1. The Morgan fingerprint density at radius 3 is 2.54 bits per heavy atom. The van der Waals surface area contributed by atoms with Gasteiger partial charge in [-0.1, -0.05) is 12.0 Å². The fourth-order valence-corrected chi connectivity index (χ4v) is 5.57. The molecule has 2 aromatic carbocycles. The third-order valence-electron chi connectivity index (χ3n) is 7.16. The van der Waals surface area contributed by atoms with E-state index in [-0.39, 0.29) is 12.6 Å². The maximum absolute atomic E-state index is 13.6. The lowest BCUT2D eigenvalue weighted by Crippen LogP contribution is -2.39. The number of hydrogen-bond donors (Lipinski definition) is 2. The summed E-state index contributed by atoms with van der Waals surface area (Å²) in [5.41, 5.74) is 3.58. The second-order valence-corrected chi connectivity index (χ2v) is 10.7. The number of pyridine rings is 1. The Bertz CT molecular complexity index is 1540. The average molecular weight is 580 g/mol. The number of hydrogen-bond acceptors (Lipinski definition) is 6. The number of rotatable bonds is 8. The number of alkyl halides is 3. The lowest BCUT2D eigenvalue weighted by atomic mass is 10.0. The number of aromatic nitrogens is 2. The minimum atomic E-state index is -4.38. The number of nitrogens with zero attached hydrogens (tertiary/aromatic N) is 3. The van der Waals surface area contributed by atoms with Gasteiger partial charge in [-0.2, -0.15) is 13.2 Å². The molecule has 4 aromatic rings. The summed E-state index contributed by atoms with van der Waals surface area (Å²) in [6.07, 6.45) is 3.03. The van der Waals surface area contributed by atoms with Gasteiger partial charge in [-0.05, 0) is 73.5 Å². The summed E-state index contributed by atoms with van der Waals surface area (Å²) in [5, 5.41) is 7.55. The minimum absolute atomic E-state index is 0.218. The third-order valence-corrected chi connectivity index (χ3v) is 7.88. The van der Waals surface area contributed by atoms with Crippen LogP contribution in [0, 0.1) is 11.8 Å². The molecule has 0 radical (unpaired) electrons. The van der Waals surface area contributed by atoms with E-state index in [4.69, 9.17) is 4.74 Å². The SMILES string of the molecule is COc1cc(SC)ccc1NCC#Cc1cc2c(NC3CCN(c4ccncc4)CC3)cccc2n1CC(F)(F)F. The van der Waals surface area contributed by atoms with Crippen molar-refractivity contribution in [2.45, 2.75) is 36.5 Å². The molecular weight excluding hydrogens is 547 g/mol. The van der Waals surface area contributed by atoms with Crippen molar-refractivity contribution >= 4 is 39.7 Å². The van der Waals surface area contributed by atoms with Gasteiger partial charge in [-0.25, -0.2) is 0 Å². The standard InChI is InChI=1S/C31H32F3N5OS/c1-40-30-20-25(41-2)8-9-28(30)36-14-4-5-24-19-26-27(6-3-7-29(26)39(24)21-31(32,33)34)37-22-12-17-38(18-13-22)23-10-15-35-16-11-23/h3,6-11,15-16,19-20,22,36-37H,12-14,17-18,21H2,1-2H3. The van der Waals surface area contributed by atoms with Gasteiger partial charge in [0.05, 0.1) is 30.6 Å². The molecule has 0 amide bonds. The number of anilines is 3. The Balaban J connectivity index is 1.34. The van der Waals surface area contributed by atoms with Gasteiger partial charge >= 0.3 is 6.18 Å². The van der Waals surface area contributed by atoms with Gasteiger partial charge in [0.1, 0.15) is 12.3 Å². The third kappa shape index (κ3) is 7.03. The van der Waals surface area contributed by atoms with Crippen LogP contribution in [0.1, 0.15) is 18.5 Å². The van der Waals surface area contributed by atoms with Gasteiger partial charge in [0, 0.05) is 53.2 Å². The Kier molecular flexibility index (Phi) is 8.84. The highest BCUT2D eigenvalue weighted by Crippen LogP contribution is 2.32. The summed E-state index contributed by atoms with van der Waals surface area (Å²) in [5.74, 6) is 6.66. The van der Waals surface area contributed by atoms with Crippen LogP contribution in [0.3, 0.4) is 0 Å². The molecular formula is C31H32F3N5OS. The second kappa shape index (κ2) is 12.7. The average Bonchev–Trinajstić information content (AvgIpc) is 3.32. The van der Waals surface area contributed by atoms with Crippen LogP contribution in [0.15, 0.2) is 71.9 Å². The van der Waals surface area contributed by atoms with E-state index >= 15 is 0 Å². The molecule has 0 spiro atoms. The van der Waals surface area contributed by atoms with E-state index in [9.17, 15) is 13.2 Å². The zero-order chi connectivity index (χ0) is 28.8. The molecule has 1 aliphatic rings. The summed E-state index contributed by atoms with van der Waals surface area (Å²) < 4.78 is 47.5. The smallest absolute Gasteiger partial charge is 0.406 e. The van der Waals surface area contributed by atoms with Crippen molar-refractivity contribution in [1.29, 1.82) is 0 Å². The molecule has 10 heteroatoms. The molecule has 1 saturated heterocycles. The predicted molar refractivity (Wildman–Crippen MR) is 161 cm³/mol. The summed E-state index contributed by atoms with van der Waals surface area (Å²) >= 11 is 1.61. The number of nitrogens with one attached hydrogen (secondary N) is 2. The second-order valence-electron chi connectivity index (χ2n) is 9.80. The Morgan fingerprint density at radius 2 is 1.83 bits per heavy atom. The summed E-state index contributed by atoms with van der Waals surface area (Å²) in [6, 6.07) is 17.3. The summed E-state index contributed by atoms with van der Waals surface area (Å²) in [4.78, 5) is 7.49. The van der Waals surface area contributed by atoms with Crippen molar-refractivity contribution in [2.24, 2.45) is 0 Å². The molecule has 6 nitrogen and oxygen atoms in total. The molecule has 0 bridgehead atoms. The number of piperidine rings is 1. The van der Waals surface area contributed by atoms with Crippen LogP contribution >= 0.6 is 11.8 Å². The zero-order valence-corrected chi connectivity index (χ0v) is 23.8. The first-order chi connectivity index (χ1) is 19.8. The van der Waals surface area contributed by atoms with Crippen LogP contribution in [0.25, 0.3) is 10.9 Å². The quantitative estimate of drug-likeness (QED) is 0.176. The molecule has 0 atom stereocenters. The molecule has 0 aliphatic carbocycles. The van der Waals surface area contributed by atoms with Crippen LogP contribution in [0.4, 0.5) is 30.2 Å². The van der Waals surface area contributed by atoms with E-state index in [2.05, 4.69) is 32.4 Å². The Labute approximate surface area is 242 Å². The van der Waals surface area contributed by atoms with Crippen LogP contribution < -0.4 is 20.3 Å². The largest absolute Gasteiger partial charge is 0.495 e. The van der Waals surface area contributed by atoms with Gasteiger partial charge in [0.15, 0.2) is 0 Å². The lowest BCUT2D eigenvalue weighted by molar-refractivity contribution is -0.140. The van der Waals surface area contributed by atoms with Crippen molar-refractivity contribution in [3.63, 3.8) is 0 Å². The molecule has 3 heterocycles. The molecule has 41 heavy (non-hydrogen) atoms. The molecule has 5 rings (SSSR count). The number of halogens is 3. The van der Waals surface area contributed by atoms with Gasteiger partial charge < -0.3 is 24.8 Å². The van der Waals surface area contributed by atoms with Gasteiger partial charge in [-0.3, -0.25) is 4.98 Å². The van der Waals surface area contributed by atoms with Crippen molar-refractivity contribution in [1.82, 2.24) is 9.55 Å². The highest BCUT2D eigenvalue weighted by atomic mass is 32.2. The van der Waals surface area contributed by atoms with E-state index in [0.29, 0.717) is 17.0 Å². The van der Waals surface area contributed by atoms with Crippen LogP contribution in [-0.2, 0) is 6.54 Å². The van der Waals surface area contributed by atoms with E-state index in [0.717, 1.165) is 53.3 Å². The highest BCUT2D eigenvalue weighted by molar-refractivity contribution is 7.98. The first-order valence-corrected chi connectivity index (χ1v) is 14.6. The molecule has 2 N–H and O–H groups in total. The monoisotopic (exact) mass is 579 g/mol. The molecule has 0 saturated carbocycles. The van der Waals surface area contributed by atoms with Crippen molar-refractivity contribution in [3.8, 4) is 17.6 Å². The van der Waals surface area contributed by atoms with E-state index < -0.39 is 12.7 Å². The van der Waals surface area contributed by atoms with E-state index in [1.807, 2.05) is 42.7 Å². The number of methoxy groups -OCH3 is 1. The molecule has 2 aromatic heterocycles. The van der Waals surface area contributed by atoms with Crippen molar-refractivity contribution in [3.05, 3.63) is 72.7 Å². The van der Waals surface area contributed by atoms with E-state index in [1.54, 1.807) is 49.5 Å². The normalized spacial score (nSPS) is 14.0. The Morgan fingerprint density at radius 1 is 1.05 bits per heavy atom. The van der Waals surface area contributed by atoms with Crippen LogP contribution in [0.5, 0.6) is 5.75 Å². The molecule has 214 valence electrons. The zero-order valence-electron chi connectivity index (χ0n) is 23.0. The van der Waals surface area contributed by atoms with Gasteiger partial charge in [0.25, 0.3) is 0 Å². The van der Waals surface area contributed by atoms with Crippen LogP contribution in [0.2, 0.25) is 0 Å². The topological polar surface area (TPSA) is 54.4 Å². The summed E-state index contributed by atoms with van der Waals surface area (Å²) in [7, 11) is 1.60. The Hall–Kier alpha value is -3.97. The van der Waals surface area contributed by atoms with Gasteiger partial charge in [-0.15, -0.1) is 11.8 Å². The fraction of sp³-hybridized carbons (Fsp3) is 0.323. The lowest BCUT2D eigenvalue weighted by Gasteiger charge is -2.34. The van der Waals surface area contributed by atoms with Gasteiger partial charge in [0.2, 0.25) is 0 Å². The number of ether oxygens (including phenoxy) is 1. The maximum Gasteiger partial charge on any atom is 0.406 e. The first-order valence-electron chi connectivity index (χ1n) is 13.4. The maximum atomic E-state index is 13.6. The number of benzene rings is 2. The predicted octanol–water partition coefficient (Wildman–Crippen LogP) is 6.87. The highest BCUT2D eigenvalue weighted by Gasteiger charge is 2.30. The van der Waals surface area contributed by atoms with Crippen molar-refractivity contribution in [2.75, 3.05) is 48.5 Å². The van der Waals surface area contributed by atoms with E-state index in [1.165, 1.54) is 4.57 Å². The summed E-state index contributed by atoms with van der Waals surface area (Å²) in [6.45, 7) is 0.928. The number of fused-ring (bicyclic) bond motifs is 1.